The predicted molar refractivity (Wildman–Crippen MR) is 93.7 cm³/mol. The van der Waals surface area contributed by atoms with Crippen LogP contribution in [0.3, 0.4) is 0 Å². The highest BCUT2D eigenvalue weighted by Crippen LogP contribution is 2.34. The molecule has 6 nitrogen and oxygen atoms in total. The van der Waals surface area contributed by atoms with E-state index < -0.39 is 5.54 Å². The summed E-state index contributed by atoms with van der Waals surface area (Å²) in [5.74, 6) is 0.394. The Balaban J connectivity index is 1.90. The lowest BCUT2D eigenvalue weighted by Gasteiger charge is -2.35. The summed E-state index contributed by atoms with van der Waals surface area (Å²) in [5.41, 5.74) is 0.795. The Labute approximate surface area is 147 Å². The van der Waals surface area contributed by atoms with Crippen LogP contribution in [0.4, 0.5) is 0 Å². The highest BCUT2D eigenvalue weighted by atomic mass is 16.5. The monoisotopic (exact) mass is 341 g/mol. The molecule has 1 saturated heterocycles. The fourth-order valence-corrected chi connectivity index (χ4v) is 3.59. The number of carbonyl (C=O) groups excluding carboxylic acids is 2. The third-order valence-corrected chi connectivity index (χ3v) is 4.72. The van der Waals surface area contributed by atoms with Gasteiger partial charge in [-0.2, -0.15) is 0 Å². The van der Waals surface area contributed by atoms with Crippen LogP contribution in [0.2, 0.25) is 0 Å². The van der Waals surface area contributed by atoms with Crippen LogP contribution in [-0.4, -0.2) is 40.5 Å². The van der Waals surface area contributed by atoms with E-state index in [0.717, 1.165) is 17.7 Å². The number of nitrogens with zero attached hydrogens (tertiary/aromatic N) is 2. The van der Waals surface area contributed by atoms with Gasteiger partial charge in [-0.1, -0.05) is 35.5 Å². The average Bonchev–Trinajstić information content (AvgIpc) is 3.24. The first-order valence-electron chi connectivity index (χ1n) is 8.64. The molecule has 2 amide bonds. The molecule has 0 spiro atoms. The number of aromatic nitrogens is 1. The summed E-state index contributed by atoms with van der Waals surface area (Å²) < 4.78 is 5.49. The van der Waals surface area contributed by atoms with Crippen molar-refractivity contribution in [3.63, 3.8) is 0 Å². The molecule has 132 valence electrons. The van der Waals surface area contributed by atoms with Crippen molar-refractivity contribution in [1.29, 1.82) is 0 Å². The van der Waals surface area contributed by atoms with Crippen molar-refractivity contribution in [3.8, 4) is 11.3 Å². The van der Waals surface area contributed by atoms with Gasteiger partial charge in [-0.15, -0.1) is 0 Å². The van der Waals surface area contributed by atoms with Crippen LogP contribution in [0.15, 0.2) is 40.9 Å². The van der Waals surface area contributed by atoms with E-state index in [0.29, 0.717) is 31.7 Å². The maximum absolute atomic E-state index is 12.8. The quantitative estimate of drug-likeness (QED) is 0.906. The molecule has 0 aliphatic carbocycles. The van der Waals surface area contributed by atoms with Crippen LogP contribution in [-0.2, 0) is 16.0 Å². The molecule has 1 atom stereocenters. The van der Waals surface area contributed by atoms with Crippen LogP contribution in [0.1, 0.15) is 32.4 Å². The third kappa shape index (κ3) is 3.29. The second-order valence-electron chi connectivity index (χ2n) is 6.39. The Morgan fingerprint density at radius 3 is 2.76 bits per heavy atom. The Morgan fingerprint density at radius 1 is 1.32 bits per heavy atom. The second-order valence-corrected chi connectivity index (χ2v) is 6.39. The molecule has 2 heterocycles. The van der Waals surface area contributed by atoms with Crippen LogP contribution in [0.25, 0.3) is 11.3 Å². The van der Waals surface area contributed by atoms with E-state index >= 15 is 0 Å². The first-order valence-corrected chi connectivity index (χ1v) is 8.64. The number of rotatable bonds is 5. The summed E-state index contributed by atoms with van der Waals surface area (Å²) in [6.07, 6.45) is 1.76. The van der Waals surface area contributed by atoms with Gasteiger partial charge in [-0.3, -0.25) is 9.59 Å². The predicted octanol–water partition coefficient (Wildman–Crippen LogP) is 2.40. The molecule has 1 aromatic heterocycles. The lowest BCUT2D eigenvalue weighted by atomic mass is 9.89. The Kier molecular flexibility index (Phi) is 4.88. The van der Waals surface area contributed by atoms with Gasteiger partial charge in [0.05, 0.1) is 0 Å². The highest BCUT2D eigenvalue weighted by molar-refractivity contribution is 5.91. The molecule has 0 unspecified atom stereocenters. The van der Waals surface area contributed by atoms with E-state index in [-0.39, 0.29) is 11.8 Å². The number of hydrogen-bond donors (Lipinski definition) is 1. The summed E-state index contributed by atoms with van der Waals surface area (Å²) in [6, 6.07) is 11.6. The zero-order valence-corrected chi connectivity index (χ0v) is 14.6. The minimum absolute atomic E-state index is 0.0912. The van der Waals surface area contributed by atoms with Crippen LogP contribution < -0.4 is 5.32 Å². The normalized spacial score (nSPS) is 19.8. The van der Waals surface area contributed by atoms with Crippen molar-refractivity contribution in [2.45, 2.75) is 38.6 Å². The molecule has 1 N–H and O–H groups in total. The fraction of sp³-hybridized carbons (Fsp3) is 0.421. The van der Waals surface area contributed by atoms with Crippen LogP contribution in [0, 0.1) is 0 Å². The van der Waals surface area contributed by atoms with Gasteiger partial charge in [0.2, 0.25) is 11.8 Å². The molecule has 0 saturated carbocycles. The molecule has 3 rings (SSSR count). The SMILES string of the molecule is CCNC(=O)[C@]1(Cc2cc(-c3ccccc3)no2)CCCN1C(C)=O. The van der Waals surface area contributed by atoms with Crippen molar-refractivity contribution in [1.82, 2.24) is 15.4 Å². The first kappa shape index (κ1) is 17.2. The largest absolute Gasteiger partial charge is 0.361 e. The third-order valence-electron chi connectivity index (χ3n) is 4.72. The Hall–Kier alpha value is -2.63. The molecule has 6 heteroatoms. The molecular formula is C19H23N3O3. The zero-order chi connectivity index (χ0) is 17.9. The fourth-order valence-electron chi connectivity index (χ4n) is 3.59. The van der Waals surface area contributed by atoms with Gasteiger partial charge in [0, 0.05) is 38.1 Å². The second kappa shape index (κ2) is 7.09. The molecule has 2 aromatic rings. The smallest absolute Gasteiger partial charge is 0.246 e. The van der Waals surface area contributed by atoms with Crippen molar-refractivity contribution >= 4 is 11.8 Å². The summed E-state index contributed by atoms with van der Waals surface area (Å²) >= 11 is 0. The van der Waals surface area contributed by atoms with Gasteiger partial charge in [-0.25, -0.2) is 0 Å². The highest BCUT2D eigenvalue weighted by Gasteiger charge is 2.49. The van der Waals surface area contributed by atoms with Gasteiger partial charge in [0.1, 0.15) is 17.0 Å². The van der Waals surface area contributed by atoms with Crippen LogP contribution in [0.5, 0.6) is 0 Å². The molecule has 1 aliphatic heterocycles. The lowest BCUT2D eigenvalue weighted by molar-refractivity contribution is -0.143. The summed E-state index contributed by atoms with van der Waals surface area (Å²) in [5, 5.41) is 7.00. The van der Waals surface area contributed by atoms with Crippen molar-refractivity contribution in [3.05, 3.63) is 42.2 Å². The number of carbonyl (C=O) groups is 2. The van der Waals surface area contributed by atoms with Gasteiger partial charge in [0.25, 0.3) is 0 Å². The van der Waals surface area contributed by atoms with Crippen molar-refractivity contribution in [2.75, 3.05) is 13.1 Å². The topological polar surface area (TPSA) is 75.4 Å². The number of likely N-dealkylation sites (N-methyl/N-ethyl adjacent to an activating group) is 1. The number of benzene rings is 1. The van der Waals surface area contributed by atoms with E-state index in [1.807, 2.05) is 43.3 Å². The average molecular weight is 341 g/mol. The molecule has 1 aromatic carbocycles. The van der Waals surface area contributed by atoms with Crippen molar-refractivity contribution < 1.29 is 14.1 Å². The van der Waals surface area contributed by atoms with Gasteiger partial charge < -0.3 is 14.7 Å². The first-order chi connectivity index (χ1) is 12.1. The standard InChI is InChI=1S/C19H23N3O3/c1-3-20-18(24)19(10-7-11-22(19)14(2)23)13-16-12-17(21-25-16)15-8-5-4-6-9-15/h4-6,8-9,12H,3,7,10-11,13H2,1-2H3,(H,20,24)/t19-/m1/s1. The molecule has 1 fully saturated rings. The van der Waals surface area contributed by atoms with E-state index in [2.05, 4.69) is 10.5 Å². The summed E-state index contributed by atoms with van der Waals surface area (Å²) in [7, 11) is 0. The van der Waals surface area contributed by atoms with E-state index in [1.165, 1.54) is 6.92 Å². The molecule has 25 heavy (non-hydrogen) atoms. The van der Waals surface area contributed by atoms with Gasteiger partial charge in [0.15, 0.2) is 0 Å². The lowest BCUT2D eigenvalue weighted by Crippen LogP contribution is -2.58. The molecule has 0 bridgehead atoms. The molecular weight excluding hydrogens is 318 g/mol. The van der Waals surface area contributed by atoms with E-state index in [4.69, 9.17) is 4.52 Å². The van der Waals surface area contributed by atoms with E-state index in [1.54, 1.807) is 4.90 Å². The summed E-state index contributed by atoms with van der Waals surface area (Å²) in [6.45, 7) is 4.50. The minimum Gasteiger partial charge on any atom is -0.361 e. The Morgan fingerprint density at radius 2 is 2.08 bits per heavy atom. The van der Waals surface area contributed by atoms with Gasteiger partial charge >= 0.3 is 0 Å². The van der Waals surface area contributed by atoms with Crippen LogP contribution >= 0.6 is 0 Å². The van der Waals surface area contributed by atoms with E-state index in [9.17, 15) is 9.59 Å². The molecule has 0 radical (unpaired) electrons. The number of likely N-dealkylation sites (tertiary alicyclic amines) is 1. The molecule has 1 aliphatic rings. The number of hydrogen-bond acceptors (Lipinski definition) is 4. The number of nitrogens with one attached hydrogen (secondary N) is 1. The Bertz CT molecular complexity index is 756. The maximum Gasteiger partial charge on any atom is 0.246 e. The minimum atomic E-state index is -0.894. The van der Waals surface area contributed by atoms with Crippen molar-refractivity contribution in [2.24, 2.45) is 0 Å². The maximum atomic E-state index is 12.8. The number of amides is 2. The summed E-state index contributed by atoms with van der Waals surface area (Å²) in [4.78, 5) is 26.6. The zero-order valence-electron chi connectivity index (χ0n) is 14.6. The van der Waals surface area contributed by atoms with Gasteiger partial charge in [-0.05, 0) is 19.8 Å².